The molecule has 0 aliphatic carbocycles. The standard InChI is InChI=1S/C18H26N2O3S.C2H6.2CH2O/c1-3-9-20(10-4-2)11-12-23-15-7-5-14(6-8-15)13-16-17(21)19-18(22)24-16;3*1-2/h5-8,16H,3-4,9-13H2,1-2H3,(H,19,21,22);1-2H3;2*1H2. The summed E-state index contributed by atoms with van der Waals surface area (Å²) in [6.07, 6.45) is 2.87. The van der Waals surface area contributed by atoms with Gasteiger partial charge in [0.05, 0.1) is 5.25 Å². The number of rotatable bonds is 10. The fourth-order valence-corrected chi connectivity index (χ4v) is 3.58. The monoisotopic (exact) mass is 440 g/mol. The Morgan fingerprint density at radius 1 is 0.967 bits per heavy atom. The molecule has 0 spiro atoms. The molecule has 1 aliphatic rings. The van der Waals surface area contributed by atoms with Crippen LogP contribution in [0.15, 0.2) is 24.3 Å². The SMILES string of the molecule is C=O.C=O.CC.CCCN(CCC)CCOc1ccc(CC2SC(=O)NC2=O)cc1. The van der Waals surface area contributed by atoms with E-state index >= 15 is 0 Å². The average Bonchev–Trinajstić information content (AvgIpc) is 3.10. The van der Waals surface area contributed by atoms with E-state index in [-0.39, 0.29) is 16.4 Å². The molecule has 0 bridgehead atoms. The van der Waals surface area contributed by atoms with Crippen molar-refractivity contribution in [3.63, 3.8) is 0 Å². The first-order valence-electron chi connectivity index (χ1n) is 10.2. The summed E-state index contributed by atoms with van der Waals surface area (Å²) in [5.41, 5.74) is 1.03. The number of amides is 2. The number of imide groups is 1. The first-order chi connectivity index (χ1) is 14.6. The van der Waals surface area contributed by atoms with Crippen LogP contribution in [0.4, 0.5) is 4.79 Å². The van der Waals surface area contributed by atoms with Crippen molar-refractivity contribution in [1.82, 2.24) is 10.2 Å². The van der Waals surface area contributed by atoms with Gasteiger partial charge in [-0.3, -0.25) is 19.8 Å². The highest BCUT2D eigenvalue weighted by Crippen LogP contribution is 2.23. The molecule has 2 rings (SSSR count). The Kier molecular flexibility index (Phi) is 20.1. The van der Waals surface area contributed by atoms with Crippen LogP contribution in [0.3, 0.4) is 0 Å². The molecule has 1 aliphatic heterocycles. The van der Waals surface area contributed by atoms with Gasteiger partial charge in [0.25, 0.3) is 5.24 Å². The summed E-state index contributed by atoms with van der Waals surface area (Å²) in [6, 6.07) is 7.78. The number of hydrogen-bond acceptors (Lipinski definition) is 7. The lowest BCUT2D eigenvalue weighted by atomic mass is 10.1. The number of nitrogens with one attached hydrogen (secondary N) is 1. The zero-order valence-electron chi connectivity index (χ0n) is 18.6. The lowest BCUT2D eigenvalue weighted by Gasteiger charge is -2.20. The molecule has 1 atom stereocenters. The number of carbonyl (C=O) groups excluding carboxylic acids is 4. The normalized spacial score (nSPS) is 14.4. The number of ether oxygens (including phenoxy) is 1. The smallest absolute Gasteiger partial charge is 0.286 e. The molecule has 1 fully saturated rings. The van der Waals surface area contributed by atoms with Gasteiger partial charge in [-0.15, -0.1) is 0 Å². The maximum absolute atomic E-state index is 11.6. The van der Waals surface area contributed by atoms with Gasteiger partial charge in [0, 0.05) is 6.54 Å². The predicted octanol–water partition coefficient (Wildman–Crippen LogP) is 3.74. The largest absolute Gasteiger partial charge is 0.492 e. The number of benzene rings is 1. The zero-order chi connectivity index (χ0) is 23.4. The van der Waals surface area contributed by atoms with Crippen LogP contribution in [0.2, 0.25) is 0 Å². The molecule has 1 heterocycles. The van der Waals surface area contributed by atoms with E-state index in [4.69, 9.17) is 14.3 Å². The minimum Gasteiger partial charge on any atom is -0.492 e. The van der Waals surface area contributed by atoms with Gasteiger partial charge in [-0.2, -0.15) is 0 Å². The Labute approximate surface area is 184 Å². The van der Waals surface area contributed by atoms with Crippen LogP contribution in [0, 0.1) is 0 Å². The predicted molar refractivity (Wildman–Crippen MR) is 123 cm³/mol. The Morgan fingerprint density at radius 2 is 1.50 bits per heavy atom. The Balaban J connectivity index is 0. The van der Waals surface area contributed by atoms with Crippen LogP contribution in [0.1, 0.15) is 46.1 Å². The second-order valence-electron chi connectivity index (χ2n) is 5.92. The van der Waals surface area contributed by atoms with Crippen molar-refractivity contribution in [2.24, 2.45) is 0 Å². The van der Waals surface area contributed by atoms with E-state index < -0.39 is 0 Å². The molecule has 0 radical (unpaired) electrons. The molecule has 1 aromatic rings. The van der Waals surface area contributed by atoms with Gasteiger partial charge in [-0.1, -0.05) is 51.6 Å². The van der Waals surface area contributed by atoms with Gasteiger partial charge < -0.3 is 14.3 Å². The fourth-order valence-electron chi connectivity index (χ4n) is 2.72. The first-order valence-corrected chi connectivity index (χ1v) is 11.0. The second kappa shape index (κ2) is 20.1. The number of thioether (sulfide) groups is 1. The quantitative estimate of drug-likeness (QED) is 0.592. The van der Waals surface area contributed by atoms with Gasteiger partial charge in [-0.05, 0) is 50.0 Å². The Hall–Kier alpha value is -2.19. The second-order valence-corrected chi connectivity index (χ2v) is 7.10. The molecule has 170 valence electrons. The van der Waals surface area contributed by atoms with Crippen LogP contribution in [-0.4, -0.2) is 61.1 Å². The molecule has 30 heavy (non-hydrogen) atoms. The van der Waals surface area contributed by atoms with E-state index in [0.29, 0.717) is 13.0 Å². The van der Waals surface area contributed by atoms with E-state index in [1.54, 1.807) is 0 Å². The summed E-state index contributed by atoms with van der Waals surface area (Å²) in [5, 5.41) is 1.74. The summed E-state index contributed by atoms with van der Waals surface area (Å²) in [6.45, 7) is 16.2. The summed E-state index contributed by atoms with van der Waals surface area (Å²) in [5.74, 6) is 0.642. The molecule has 1 aromatic carbocycles. The van der Waals surface area contributed by atoms with Crippen LogP contribution >= 0.6 is 11.8 Å². The maximum Gasteiger partial charge on any atom is 0.286 e. The Morgan fingerprint density at radius 3 is 1.93 bits per heavy atom. The third-order valence-electron chi connectivity index (χ3n) is 3.87. The van der Waals surface area contributed by atoms with Crippen LogP contribution in [0.25, 0.3) is 0 Å². The molecular formula is C22H36N2O5S. The summed E-state index contributed by atoms with van der Waals surface area (Å²) >= 11 is 1.06. The van der Waals surface area contributed by atoms with Crippen molar-refractivity contribution >= 4 is 36.5 Å². The van der Waals surface area contributed by atoms with Gasteiger partial charge in [0.1, 0.15) is 25.9 Å². The molecule has 1 unspecified atom stereocenters. The maximum atomic E-state index is 11.6. The lowest BCUT2D eigenvalue weighted by molar-refractivity contribution is -0.119. The average molecular weight is 441 g/mol. The molecule has 8 heteroatoms. The molecule has 7 nitrogen and oxygen atoms in total. The van der Waals surface area contributed by atoms with Gasteiger partial charge >= 0.3 is 0 Å². The van der Waals surface area contributed by atoms with Crippen molar-refractivity contribution in [2.75, 3.05) is 26.2 Å². The first kappa shape index (κ1) is 30.0. The third-order valence-corrected chi connectivity index (χ3v) is 4.85. The van der Waals surface area contributed by atoms with E-state index in [1.165, 1.54) is 0 Å². The van der Waals surface area contributed by atoms with Crippen molar-refractivity contribution in [3.8, 4) is 5.75 Å². The van der Waals surface area contributed by atoms with Crippen molar-refractivity contribution in [3.05, 3.63) is 29.8 Å². The molecule has 0 saturated carbocycles. The minimum atomic E-state index is -0.319. The summed E-state index contributed by atoms with van der Waals surface area (Å²) in [7, 11) is 0. The van der Waals surface area contributed by atoms with Crippen LogP contribution < -0.4 is 10.1 Å². The number of nitrogens with zero attached hydrogens (tertiary/aromatic N) is 1. The highest BCUT2D eigenvalue weighted by atomic mass is 32.2. The number of carbonyl (C=O) groups is 4. The molecule has 2 amide bonds. The number of hydrogen-bond donors (Lipinski definition) is 1. The summed E-state index contributed by atoms with van der Waals surface area (Å²) in [4.78, 5) is 41.2. The van der Waals surface area contributed by atoms with Gasteiger partial charge in [0.2, 0.25) is 5.91 Å². The molecule has 1 saturated heterocycles. The minimum absolute atomic E-state index is 0.197. The lowest BCUT2D eigenvalue weighted by Crippen LogP contribution is -2.30. The highest BCUT2D eigenvalue weighted by molar-refractivity contribution is 8.15. The van der Waals surface area contributed by atoms with Crippen LogP contribution in [0.5, 0.6) is 5.75 Å². The zero-order valence-corrected chi connectivity index (χ0v) is 19.5. The van der Waals surface area contributed by atoms with Gasteiger partial charge in [-0.25, -0.2) is 0 Å². The van der Waals surface area contributed by atoms with E-state index in [9.17, 15) is 9.59 Å². The van der Waals surface area contributed by atoms with Crippen molar-refractivity contribution in [2.45, 2.75) is 52.2 Å². The van der Waals surface area contributed by atoms with Crippen molar-refractivity contribution < 1.29 is 23.9 Å². The van der Waals surface area contributed by atoms with E-state index in [1.807, 2.05) is 51.7 Å². The fraction of sp³-hybridized carbons (Fsp3) is 0.545. The van der Waals surface area contributed by atoms with Gasteiger partial charge in [0.15, 0.2) is 0 Å². The molecular weight excluding hydrogens is 404 g/mol. The Bertz CT molecular complexity index is 575. The summed E-state index contributed by atoms with van der Waals surface area (Å²) < 4.78 is 5.81. The highest BCUT2D eigenvalue weighted by Gasteiger charge is 2.31. The van der Waals surface area contributed by atoms with Crippen LogP contribution in [-0.2, 0) is 20.8 Å². The topological polar surface area (TPSA) is 92.8 Å². The molecule has 1 N–H and O–H groups in total. The van der Waals surface area contributed by atoms with Crippen molar-refractivity contribution in [1.29, 1.82) is 0 Å². The molecule has 0 aromatic heterocycles. The third kappa shape index (κ3) is 12.4. The van der Waals surface area contributed by atoms with E-state index in [2.05, 4.69) is 24.1 Å². The van der Waals surface area contributed by atoms with E-state index in [0.717, 1.165) is 55.6 Å².